The van der Waals surface area contributed by atoms with E-state index >= 15 is 0 Å². The Balaban J connectivity index is 2.85. The van der Waals surface area contributed by atoms with Crippen molar-refractivity contribution in [2.24, 2.45) is 11.1 Å². The normalized spacial score (nSPS) is 20.5. The van der Waals surface area contributed by atoms with Crippen molar-refractivity contribution >= 4 is 5.91 Å². The molecule has 1 aliphatic carbocycles. The zero-order valence-electron chi connectivity index (χ0n) is 13.8. The molecule has 0 aromatic heterocycles. The molecule has 0 aromatic carbocycles. The lowest BCUT2D eigenvalue weighted by Crippen LogP contribution is -2.52. The molecule has 1 fully saturated rings. The predicted octanol–water partition coefficient (Wildman–Crippen LogP) is 2.08. The Kier molecular flexibility index (Phi) is 6.96. The number of likely N-dealkylation sites (N-methyl/N-ethyl adjacent to an activating group) is 2. The van der Waals surface area contributed by atoms with Crippen LogP contribution in [0.5, 0.6) is 0 Å². The van der Waals surface area contributed by atoms with E-state index in [1.807, 2.05) is 4.90 Å². The van der Waals surface area contributed by atoms with Gasteiger partial charge in [-0.3, -0.25) is 4.79 Å². The molecule has 1 atom stereocenters. The van der Waals surface area contributed by atoms with Crippen LogP contribution in [0.15, 0.2) is 0 Å². The molecule has 1 rings (SSSR count). The molecule has 20 heavy (non-hydrogen) atoms. The third-order valence-electron chi connectivity index (χ3n) is 4.67. The molecule has 0 aliphatic heterocycles. The van der Waals surface area contributed by atoms with Crippen molar-refractivity contribution < 1.29 is 4.79 Å². The summed E-state index contributed by atoms with van der Waals surface area (Å²) < 4.78 is 0. The highest BCUT2D eigenvalue weighted by Gasteiger charge is 2.40. The minimum atomic E-state index is -0.299. The quantitative estimate of drug-likeness (QED) is 0.759. The number of hydrogen-bond acceptors (Lipinski definition) is 3. The summed E-state index contributed by atoms with van der Waals surface area (Å²) in [6, 6.07) is 0.245. The molecule has 1 unspecified atom stereocenters. The fourth-order valence-corrected chi connectivity index (χ4v) is 3.50. The lowest BCUT2D eigenvalue weighted by atomic mass is 9.78. The van der Waals surface area contributed by atoms with Crippen LogP contribution in [0.1, 0.15) is 52.4 Å². The second-order valence-corrected chi connectivity index (χ2v) is 6.60. The average molecular weight is 283 g/mol. The van der Waals surface area contributed by atoms with Gasteiger partial charge in [-0.05, 0) is 40.8 Å². The van der Waals surface area contributed by atoms with Crippen molar-refractivity contribution in [1.29, 1.82) is 0 Å². The molecule has 1 saturated carbocycles. The summed E-state index contributed by atoms with van der Waals surface area (Å²) in [5.41, 5.74) is 5.75. The fraction of sp³-hybridized carbons (Fsp3) is 0.938. The van der Waals surface area contributed by atoms with Crippen molar-refractivity contribution in [3.8, 4) is 0 Å². The van der Waals surface area contributed by atoms with Crippen LogP contribution in [0.3, 0.4) is 0 Å². The van der Waals surface area contributed by atoms with Gasteiger partial charge in [0.1, 0.15) is 0 Å². The third kappa shape index (κ3) is 4.19. The Morgan fingerprint density at radius 2 is 1.75 bits per heavy atom. The highest BCUT2D eigenvalue weighted by molar-refractivity contribution is 5.83. The highest BCUT2D eigenvalue weighted by Crippen LogP contribution is 2.36. The molecule has 4 nitrogen and oxygen atoms in total. The summed E-state index contributed by atoms with van der Waals surface area (Å²) >= 11 is 0. The fourth-order valence-electron chi connectivity index (χ4n) is 3.50. The molecule has 0 spiro atoms. The Morgan fingerprint density at radius 3 is 2.15 bits per heavy atom. The van der Waals surface area contributed by atoms with Crippen LogP contribution in [0.25, 0.3) is 0 Å². The summed E-state index contributed by atoms with van der Waals surface area (Å²) in [6.45, 7) is 6.39. The van der Waals surface area contributed by atoms with E-state index in [9.17, 15) is 4.79 Å². The second-order valence-electron chi connectivity index (χ2n) is 6.60. The lowest BCUT2D eigenvalue weighted by Gasteiger charge is -2.39. The first-order valence-electron chi connectivity index (χ1n) is 8.12. The predicted molar refractivity (Wildman–Crippen MR) is 84.6 cm³/mol. The van der Waals surface area contributed by atoms with Crippen LogP contribution in [-0.4, -0.2) is 55.5 Å². The lowest BCUT2D eigenvalue weighted by molar-refractivity contribution is -0.144. The summed E-state index contributed by atoms with van der Waals surface area (Å²) in [4.78, 5) is 17.3. The SMILES string of the molecule is CCN(C(=O)C1(CN)CCCCCC1)C(C)CN(C)C. The largest absolute Gasteiger partial charge is 0.338 e. The van der Waals surface area contributed by atoms with Gasteiger partial charge in [0.2, 0.25) is 5.91 Å². The van der Waals surface area contributed by atoms with E-state index < -0.39 is 0 Å². The molecular formula is C16H33N3O. The maximum atomic E-state index is 13.1. The molecule has 0 heterocycles. The number of carbonyl (C=O) groups is 1. The maximum Gasteiger partial charge on any atom is 0.230 e. The van der Waals surface area contributed by atoms with Crippen LogP contribution in [0, 0.1) is 5.41 Å². The molecule has 2 N–H and O–H groups in total. The number of nitrogens with zero attached hydrogens (tertiary/aromatic N) is 2. The van der Waals surface area contributed by atoms with E-state index in [2.05, 4.69) is 32.8 Å². The smallest absolute Gasteiger partial charge is 0.230 e. The molecule has 1 aliphatic rings. The number of hydrogen-bond donors (Lipinski definition) is 1. The zero-order valence-corrected chi connectivity index (χ0v) is 13.8. The Hall–Kier alpha value is -0.610. The molecule has 0 radical (unpaired) electrons. The number of amides is 1. The van der Waals surface area contributed by atoms with E-state index in [1.165, 1.54) is 12.8 Å². The van der Waals surface area contributed by atoms with Crippen LogP contribution in [0.2, 0.25) is 0 Å². The first kappa shape index (κ1) is 17.4. The minimum absolute atomic E-state index is 0.245. The number of nitrogens with two attached hydrogens (primary N) is 1. The first-order chi connectivity index (χ1) is 9.46. The third-order valence-corrected chi connectivity index (χ3v) is 4.67. The van der Waals surface area contributed by atoms with Gasteiger partial charge >= 0.3 is 0 Å². The van der Waals surface area contributed by atoms with E-state index in [1.54, 1.807) is 0 Å². The van der Waals surface area contributed by atoms with Gasteiger partial charge in [-0.2, -0.15) is 0 Å². The van der Waals surface area contributed by atoms with Gasteiger partial charge in [-0.15, -0.1) is 0 Å². The van der Waals surface area contributed by atoms with E-state index in [0.29, 0.717) is 12.5 Å². The molecule has 118 valence electrons. The van der Waals surface area contributed by atoms with Crippen molar-refractivity contribution in [3.63, 3.8) is 0 Å². The summed E-state index contributed by atoms with van der Waals surface area (Å²) in [6.07, 6.45) is 6.70. The van der Waals surface area contributed by atoms with Gasteiger partial charge in [0, 0.05) is 25.7 Å². The minimum Gasteiger partial charge on any atom is -0.338 e. The standard InChI is InChI=1S/C16H33N3O/c1-5-19(14(2)12-18(3)4)15(20)16(13-17)10-8-6-7-9-11-16/h14H,5-13,17H2,1-4H3. The Bertz CT molecular complexity index is 296. The van der Waals surface area contributed by atoms with Gasteiger partial charge in [-0.1, -0.05) is 25.7 Å². The average Bonchev–Trinajstić information content (AvgIpc) is 2.64. The second kappa shape index (κ2) is 7.99. The summed E-state index contributed by atoms with van der Waals surface area (Å²) in [5.74, 6) is 0.291. The van der Waals surface area contributed by atoms with Crippen molar-refractivity contribution in [2.45, 2.75) is 58.4 Å². The van der Waals surface area contributed by atoms with Crippen molar-refractivity contribution in [1.82, 2.24) is 9.80 Å². The Morgan fingerprint density at radius 1 is 1.20 bits per heavy atom. The van der Waals surface area contributed by atoms with Crippen LogP contribution >= 0.6 is 0 Å². The van der Waals surface area contributed by atoms with Gasteiger partial charge in [-0.25, -0.2) is 0 Å². The first-order valence-corrected chi connectivity index (χ1v) is 8.12. The van der Waals surface area contributed by atoms with Gasteiger partial charge < -0.3 is 15.5 Å². The van der Waals surface area contributed by atoms with E-state index in [0.717, 1.165) is 38.8 Å². The van der Waals surface area contributed by atoms with Gasteiger partial charge in [0.05, 0.1) is 5.41 Å². The highest BCUT2D eigenvalue weighted by atomic mass is 16.2. The number of carbonyl (C=O) groups excluding carboxylic acids is 1. The topological polar surface area (TPSA) is 49.6 Å². The van der Waals surface area contributed by atoms with Gasteiger partial charge in [0.15, 0.2) is 0 Å². The van der Waals surface area contributed by atoms with E-state index in [-0.39, 0.29) is 11.5 Å². The van der Waals surface area contributed by atoms with Crippen LogP contribution in [-0.2, 0) is 4.79 Å². The Labute approximate surface area is 124 Å². The monoisotopic (exact) mass is 283 g/mol. The zero-order chi connectivity index (χ0) is 15.2. The molecule has 0 saturated heterocycles. The number of rotatable bonds is 6. The van der Waals surface area contributed by atoms with Crippen molar-refractivity contribution in [3.05, 3.63) is 0 Å². The van der Waals surface area contributed by atoms with Crippen LogP contribution in [0.4, 0.5) is 0 Å². The summed E-state index contributed by atoms with van der Waals surface area (Å²) in [7, 11) is 4.11. The molecule has 4 heteroatoms. The molecular weight excluding hydrogens is 250 g/mol. The van der Waals surface area contributed by atoms with Crippen LogP contribution < -0.4 is 5.73 Å². The molecule has 0 bridgehead atoms. The van der Waals surface area contributed by atoms with Gasteiger partial charge in [0.25, 0.3) is 0 Å². The molecule has 1 amide bonds. The van der Waals surface area contributed by atoms with E-state index in [4.69, 9.17) is 5.73 Å². The summed E-state index contributed by atoms with van der Waals surface area (Å²) in [5, 5.41) is 0. The maximum absolute atomic E-state index is 13.1. The van der Waals surface area contributed by atoms with Crippen molar-refractivity contribution in [2.75, 3.05) is 33.7 Å². The molecule has 0 aromatic rings.